The van der Waals surface area contributed by atoms with Gasteiger partial charge in [-0.15, -0.1) is 0 Å². The van der Waals surface area contributed by atoms with Gasteiger partial charge < -0.3 is 15.6 Å². The van der Waals surface area contributed by atoms with Crippen LogP contribution in [-0.2, 0) is 9.53 Å². The van der Waals surface area contributed by atoms with Crippen LogP contribution < -0.4 is 5.73 Å². The SMILES string of the molecule is COC1=CC(O)C=C(N)C1=O. The Kier molecular flexibility index (Phi) is 1.96. The fourth-order valence-electron chi connectivity index (χ4n) is 0.842. The molecule has 4 nitrogen and oxygen atoms in total. The second kappa shape index (κ2) is 2.75. The molecule has 1 unspecified atom stereocenters. The molecule has 1 atom stereocenters. The fourth-order valence-corrected chi connectivity index (χ4v) is 0.842. The third kappa shape index (κ3) is 1.40. The summed E-state index contributed by atoms with van der Waals surface area (Å²) in [5.74, 6) is -0.282. The molecule has 4 heteroatoms. The van der Waals surface area contributed by atoms with Gasteiger partial charge >= 0.3 is 0 Å². The first-order valence-electron chi connectivity index (χ1n) is 3.11. The number of aliphatic hydroxyl groups excluding tert-OH is 1. The van der Waals surface area contributed by atoms with Crippen LogP contribution in [0.1, 0.15) is 0 Å². The highest BCUT2D eigenvalue weighted by Crippen LogP contribution is 2.11. The number of carbonyl (C=O) groups is 1. The van der Waals surface area contributed by atoms with E-state index in [2.05, 4.69) is 4.74 Å². The maximum atomic E-state index is 11.0. The van der Waals surface area contributed by atoms with Crippen molar-refractivity contribution in [1.29, 1.82) is 0 Å². The van der Waals surface area contributed by atoms with Crippen molar-refractivity contribution >= 4 is 5.78 Å². The normalized spacial score (nSPS) is 24.2. The maximum absolute atomic E-state index is 11.0. The average molecular weight is 155 g/mol. The zero-order valence-corrected chi connectivity index (χ0v) is 6.07. The van der Waals surface area contributed by atoms with Crippen molar-refractivity contribution in [2.75, 3.05) is 7.11 Å². The molecule has 1 aliphatic carbocycles. The van der Waals surface area contributed by atoms with Crippen molar-refractivity contribution in [2.45, 2.75) is 6.10 Å². The molecule has 0 fully saturated rings. The van der Waals surface area contributed by atoms with Crippen molar-refractivity contribution in [2.24, 2.45) is 5.73 Å². The molecule has 0 saturated carbocycles. The van der Waals surface area contributed by atoms with E-state index in [0.717, 1.165) is 0 Å². The number of ether oxygens (including phenoxy) is 1. The van der Waals surface area contributed by atoms with E-state index in [-0.39, 0.29) is 17.2 Å². The van der Waals surface area contributed by atoms with E-state index in [1.165, 1.54) is 19.3 Å². The molecule has 1 aliphatic rings. The number of Topliss-reactive ketones (excluding diaryl/α,β-unsaturated/α-hetero) is 1. The second-order valence-electron chi connectivity index (χ2n) is 2.18. The summed E-state index contributed by atoms with van der Waals surface area (Å²) in [7, 11) is 1.36. The van der Waals surface area contributed by atoms with E-state index >= 15 is 0 Å². The van der Waals surface area contributed by atoms with E-state index in [1.807, 2.05) is 0 Å². The lowest BCUT2D eigenvalue weighted by atomic mass is 10.1. The molecule has 11 heavy (non-hydrogen) atoms. The van der Waals surface area contributed by atoms with Gasteiger partial charge in [0.25, 0.3) is 0 Å². The van der Waals surface area contributed by atoms with Crippen molar-refractivity contribution in [1.82, 2.24) is 0 Å². The van der Waals surface area contributed by atoms with Crippen LogP contribution in [0.2, 0.25) is 0 Å². The number of nitrogens with two attached hydrogens (primary N) is 1. The number of hydrogen-bond donors (Lipinski definition) is 2. The molecule has 0 saturated heterocycles. The van der Waals surface area contributed by atoms with Gasteiger partial charge in [-0.3, -0.25) is 4.79 Å². The molecule has 0 heterocycles. The van der Waals surface area contributed by atoms with Crippen LogP contribution in [0.4, 0.5) is 0 Å². The van der Waals surface area contributed by atoms with Gasteiger partial charge in [0.15, 0.2) is 5.76 Å². The predicted molar refractivity (Wildman–Crippen MR) is 38.4 cm³/mol. The van der Waals surface area contributed by atoms with Gasteiger partial charge in [0.1, 0.15) is 0 Å². The Morgan fingerprint density at radius 2 is 2.27 bits per heavy atom. The van der Waals surface area contributed by atoms with Gasteiger partial charge in [0, 0.05) is 0 Å². The van der Waals surface area contributed by atoms with Crippen molar-refractivity contribution in [3.63, 3.8) is 0 Å². The summed E-state index contributed by atoms with van der Waals surface area (Å²) in [6.45, 7) is 0. The number of aliphatic hydroxyl groups is 1. The monoisotopic (exact) mass is 155 g/mol. The number of ketones is 1. The lowest BCUT2D eigenvalue weighted by Crippen LogP contribution is -2.22. The molecule has 0 aromatic heterocycles. The van der Waals surface area contributed by atoms with Crippen LogP contribution in [-0.4, -0.2) is 24.1 Å². The summed E-state index contributed by atoms with van der Waals surface area (Å²) < 4.78 is 4.67. The van der Waals surface area contributed by atoms with Crippen LogP contribution in [0.15, 0.2) is 23.6 Å². The number of hydrogen-bond acceptors (Lipinski definition) is 4. The third-order valence-electron chi connectivity index (χ3n) is 1.38. The van der Waals surface area contributed by atoms with E-state index in [9.17, 15) is 4.79 Å². The highest BCUT2D eigenvalue weighted by atomic mass is 16.5. The predicted octanol–water partition coefficient (Wildman–Crippen LogP) is -0.697. The number of rotatable bonds is 1. The molecular weight excluding hydrogens is 146 g/mol. The van der Waals surface area contributed by atoms with E-state index in [1.54, 1.807) is 0 Å². The van der Waals surface area contributed by atoms with Crippen LogP contribution >= 0.6 is 0 Å². The first-order valence-corrected chi connectivity index (χ1v) is 3.11. The molecule has 3 N–H and O–H groups in total. The summed E-state index contributed by atoms with van der Waals surface area (Å²) in [6, 6.07) is 0. The molecule has 0 aliphatic heterocycles. The third-order valence-corrected chi connectivity index (χ3v) is 1.38. The first kappa shape index (κ1) is 7.81. The quantitative estimate of drug-likeness (QED) is 0.525. The van der Waals surface area contributed by atoms with E-state index in [4.69, 9.17) is 10.8 Å². The van der Waals surface area contributed by atoms with Gasteiger partial charge in [0.05, 0.1) is 18.9 Å². The Bertz CT molecular complexity index is 242. The largest absolute Gasteiger partial charge is 0.493 e. The first-order chi connectivity index (χ1) is 5.15. The highest BCUT2D eigenvalue weighted by Gasteiger charge is 2.19. The molecule has 1 rings (SSSR count). The highest BCUT2D eigenvalue weighted by molar-refractivity contribution is 6.07. The zero-order valence-electron chi connectivity index (χ0n) is 6.07. The second-order valence-corrected chi connectivity index (χ2v) is 2.18. The lowest BCUT2D eigenvalue weighted by molar-refractivity contribution is -0.115. The summed E-state index contributed by atoms with van der Waals surface area (Å²) in [5.41, 5.74) is 5.29. The smallest absolute Gasteiger partial charge is 0.242 e. The van der Waals surface area contributed by atoms with E-state index in [0.29, 0.717) is 0 Å². The minimum atomic E-state index is -0.817. The Morgan fingerprint density at radius 3 is 2.82 bits per heavy atom. The van der Waals surface area contributed by atoms with Gasteiger partial charge in [0.2, 0.25) is 5.78 Å². The van der Waals surface area contributed by atoms with Gasteiger partial charge in [-0.2, -0.15) is 0 Å². The Labute approximate surface area is 64.0 Å². The topological polar surface area (TPSA) is 72.6 Å². The average Bonchev–Trinajstić information content (AvgIpc) is 1.96. The molecule has 0 aromatic rings. The summed E-state index contributed by atoms with van der Waals surface area (Å²) in [5, 5.41) is 9.03. The number of methoxy groups -OCH3 is 1. The zero-order chi connectivity index (χ0) is 8.43. The summed E-state index contributed by atoms with van der Waals surface area (Å²) in [6.07, 6.45) is 1.76. The minimum Gasteiger partial charge on any atom is -0.493 e. The Balaban J connectivity index is 2.91. The Morgan fingerprint density at radius 1 is 1.64 bits per heavy atom. The lowest BCUT2D eigenvalue weighted by Gasteiger charge is -2.12. The fraction of sp³-hybridized carbons (Fsp3) is 0.286. The van der Waals surface area contributed by atoms with Crippen LogP contribution in [0, 0.1) is 0 Å². The van der Waals surface area contributed by atoms with E-state index < -0.39 is 6.10 Å². The van der Waals surface area contributed by atoms with Crippen LogP contribution in [0.25, 0.3) is 0 Å². The minimum absolute atomic E-state index is 0.0249. The molecular formula is C7H9NO3. The van der Waals surface area contributed by atoms with Gasteiger partial charge in [-0.1, -0.05) is 0 Å². The summed E-state index contributed by atoms with van der Waals surface area (Å²) in [4.78, 5) is 11.0. The molecule has 0 radical (unpaired) electrons. The van der Waals surface area contributed by atoms with Crippen molar-refractivity contribution in [3.05, 3.63) is 23.6 Å². The molecule has 0 spiro atoms. The van der Waals surface area contributed by atoms with Crippen LogP contribution in [0.3, 0.4) is 0 Å². The summed E-state index contributed by atoms with van der Waals surface area (Å²) >= 11 is 0. The maximum Gasteiger partial charge on any atom is 0.242 e. The Hall–Kier alpha value is -1.29. The molecule has 0 amide bonds. The molecule has 0 aromatic carbocycles. The van der Waals surface area contributed by atoms with Crippen LogP contribution in [0.5, 0.6) is 0 Å². The molecule has 0 bridgehead atoms. The van der Waals surface area contributed by atoms with Gasteiger partial charge in [-0.05, 0) is 12.2 Å². The molecule has 60 valence electrons. The van der Waals surface area contributed by atoms with Crippen molar-refractivity contribution in [3.8, 4) is 0 Å². The number of carbonyl (C=O) groups excluding carboxylic acids is 1. The van der Waals surface area contributed by atoms with Crippen molar-refractivity contribution < 1.29 is 14.6 Å². The standard InChI is InChI=1S/C7H9NO3/c1-11-6-3-4(9)2-5(8)7(6)10/h2-4,9H,8H2,1H3. The van der Waals surface area contributed by atoms with Gasteiger partial charge in [-0.25, -0.2) is 0 Å².